The van der Waals surface area contributed by atoms with E-state index in [2.05, 4.69) is 9.97 Å². The molecule has 1 aliphatic carbocycles. The number of phenolic OH excluding ortho intramolecular Hbond substituents is 1. The van der Waals surface area contributed by atoms with E-state index in [0.717, 1.165) is 29.7 Å². The van der Waals surface area contributed by atoms with Crippen LogP contribution in [-0.4, -0.2) is 15.1 Å². The van der Waals surface area contributed by atoms with Crippen molar-refractivity contribution in [1.29, 1.82) is 0 Å². The van der Waals surface area contributed by atoms with Gasteiger partial charge in [-0.2, -0.15) is 0 Å². The number of nitrogens with zero attached hydrogens (tertiary/aromatic N) is 2. The molecule has 0 aliphatic heterocycles. The summed E-state index contributed by atoms with van der Waals surface area (Å²) in [5.41, 5.74) is 8.96. The molecule has 1 aliphatic rings. The molecule has 1 unspecified atom stereocenters. The number of hydrogen-bond donors (Lipinski definition) is 2. The Kier molecular flexibility index (Phi) is 2.30. The van der Waals surface area contributed by atoms with Gasteiger partial charge in [-0.1, -0.05) is 0 Å². The third-order valence-corrected chi connectivity index (χ3v) is 3.12. The van der Waals surface area contributed by atoms with E-state index in [0.29, 0.717) is 5.82 Å². The molecule has 3 rings (SSSR count). The summed E-state index contributed by atoms with van der Waals surface area (Å²) in [6, 6.07) is 6.98. The number of rotatable bonds is 1. The molecule has 0 saturated heterocycles. The molecule has 2 aromatic rings. The molecule has 1 atom stereocenters. The van der Waals surface area contributed by atoms with Crippen molar-refractivity contribution >= 4 is 0 Å². The summed E-state index contributed by atoms with van der Waals surface area (Å²) < 4.78 is 0. The number of phenols is 1. The van der Waals surface area contributed by atoms with Crippen molar-refractivity contribution in [1.82, 2.24) is 9.97 Å². The van der Waals surface area contributed by atoms with Crippen molar-refractivity contribution in [3.63, 3.8) is 0 Å². The minimum Gasteiger partial charge on any atom is -0.508 e. The summed E-state index contributed by atoms with van der Waals surface area (Å²) >= 11 is 0. The summed E-state index contributed by atoms with van der Waals surface area (Å²) in [7, 11) is 0. The maximum Gasteiger partial charge on any atom is 0.159 e. The molecule has 0 saturated carbocycles. The summed E-state index contributed by atoms with van der Waals surface area (Å²) in [6.07, 6.45) is 3.69. The smallest absolute Gasteiger partial charge is 0.159 e. The van der Waals surface area contributed by atoms with Crippen LogP contribution < -0.4 is 5.73 Å². The molecule has 4 nitrogen and oxygen atoms in total. The number of hydrogen-bond acceptors (Lipinski definition) is 4. The van der Waals surface area contributed by atoms with E-state index in [9.17, 15) is 5.11 Å². The second-order valence-corrected chi connectivity index (χ2v) is 4.29. The number of benzene rings is 1. The highest BCUT2D eigenvalue weighted by Crippen LogP contribution is 2.28. The zero-order valence-corrected chi connectivity index (χ0v) is 9.30. The molecule has 0 fully saturated rings. The fraction of sp³-hybridized carbons (Fsp3) is 0.231. The van der Waals surface area contributed by atoms with Gasteiger partial charge >= 0.3 is 0 Å². The lowest BCUT2D eigenvalue weighted by atomic mass is 10.1. The fourth-order valence-corrected chi connectivity index (χ4v) is 2.13. The lowest BCUT2D eigenvalue weighted by Crippen LogP contribution is -2.06. The zero-order valence-electron chi connectivity index (χ0n) is 9.30. The van der Waals surface area contributed by atoms with Gasteiger partial charge in [-0.15, -0.1) is 0 Å². The summed E-state index contributed by atoms with van der Waals surface area (Å²) in [6.45, 7) is 0. The highest BCUT2D eigenvalue weighted by Gasteiger charge is 2.21. The maximum atomic E-state index is 9.24. The molecule has 0 amide bonds. The molecular weight excluding hydrogens is 214 g/mol. The Balaban J connectivity index is 2.02. The van der Waals surface area contributed by atoms with E-state index < -0.39 is 0 Å². The minimum absolute atomic E-state index is 0.0823. The van der Waals surface area contributed by atoms with E-state index in [1.54, 1.807) is 12.1 Å². The molecule has 1 aromatic carbocycles. The Bertz CT molecular complexity index is 551. The van der Waals surface area contributed by atoms with Crippen LogP contribution in [0.1, 0.15) is 23.7 Å². The average molecular weight is 227 g/mol. The lowest BCUT2D eigenvalue weighted by molar-refractivity contribution is 0.475. The second-order valence-electron chi connectivity index (χ2n) is 4.29. The van der Waals surface area contributed by atoms with Gasteiger partial charge in [0.2, 0.25) is 0 Å². The van der Waals surface area contributed by atoms with E-state index in [1.165, 1.54) is 0 Å². The van der Waals surface area contributed by atoms with E-state index >= 15 is 0 Å². The molecule has 4 heteroatoms. The second kappa shape index (κ2) is 3.82. The quantitative estimate of drug-likeness (QED) is 0.779. The van der Waals surface area contributed by atoms with Crippen LogP contribution in [0.15, 0.2) is 30.5 Å². The first-order valence-electron chi connectivity index (χ1n) is 5.65. The first kappa shape index (κ1) is 10.2. The van der Waals surface area contributed by atoms with Crippen LogP contribution in [0, 0.1) is 0 Å². The maximum absolute atomic E-state index is 9.24. The van der Waals surface area contributed by atoms with Crippen LogP contribution in [0.25, 0.3) is 11.4 Å². The average Bonchev–Trinajstić information content (AvgIpc) is 2.72. The topological polar surface area (TPSA) is 72.0 Å². The van der Waals surface area contributed by atoms with Gasteiger partial charge in [-0.05, 0) is 37.1 Å². The predicted molar refractivity (Wildman–Crippen MR) is 64.4 cm³/mol. The minimum atomic E-state index is 0.0823. The van der Waals surface area contributed by atoms with Crippen molar-refractivity contribution in [2.45, 2.75) is 18.9 Å². The van der Waals surface area contributed by atoms with Crippen molar-refractivity contribution in [2.75, 3.05) is 0 Å². The lowest BCUT2D eigenvalue weighted by Gasteiger charge is -2.05. The first-order valence-corrected chi connectivity index (χ1v) is 5.65. The third-order valence-electron chi connectivity index (χ3n) is 3.12. The van der Waals surface area contributed by atoms with Crippen molar-refractivity contribution < 1.29 is 5.11 Å². The molecule has 0 radical (unpaired) electrons. The van der Waals surface area contributed by atoms with Crippen LogP contribution >= 0.6 is 0 Å². The van der Waals surface area contributed by atoms with Crippen LogP contribution in [0.2, 0.25) is 0 Å². The summed E-state index contributed by atoms with van der Waals surface area (Å²) in [5, 5.41) is 9.24. The summed E-state index contributed by atoms with van der Waals surface area (Å²) in [5.74, 6) is 0.940. The van der Waals surface area contributed by atoms with E-state index in [1.807, 2.05) is 18.3 Å². The molecule has 3 N–H and O–H groups in total. The van der Waals surface area contributed by atoms with Crippen molar-refractivity contribution in [2.24, 2.45) is 5.73 Å². The monoisotopic (exact) mass is 227 g/mol. The van der Waals surface area contributed by atoms with Gasteiger partial charge in [0.1, 0.15) is 5.75 Å². The van der Waals surface area contributed by atoms with Gasteiger partial charge in [0.25, 0.3) is 0 Å². The molecule has 17 heavy (non-hydrogen) atoms. The van der Waals surface area contributed by atoms with E-state index in [-0.39, 0.29) is 11.8 Å². The van der Waals surface area contributed by atoms with Gasteiger partial charge in [-0.25, -0.2) is 9.97 Å². The number of fused-ring (bicyclic) bond motifs is 1. The predicted octanol–water partition coefficient (Wildman–Crippen LogP) is 1.80. The standard InChI is InChI=1S/C13H13N3O/c14-11-5-6-12-10(11)7-15-13(16-12)8-1-3-9(17)4-2-8/h1-4,7,11,17H,5-6,14H2. The first-order chi connectivity index (χ1) is 8.24. The SMILES string of the molecule is NC1CCc2nc(-c3ccc(O)cc3)ncc21. The molecule has 1 heterocycles. The Morgan fingerprint density at radius 3 is 2.76 bits per heavy atom. The van der Waals surface area contributed by atoms with Crippen molar-refractivity contribution in [3.05, 3.63) is 41.7 Å². The van der Waals surface area contributed by atoms with Gasteiger partial charge < -0.3 is 10.8 Å². The van der Waals surface area contributed by atoms with Crippen LogP contribution in [0.4, 0.5) is 0 Å². The third kappa shape index (κ3) is 1.76. The van der Waals surface area contributed by atoms with Gasteiger partial charge in [0.05, 0.1) is 0 Å². The van der Waals surface area contributed by atoms with Crippen molar-refractivity contribution in [3.8, 4) is 17.1 Å². The van der Waals surface area contributed by atoms with Crippen LogP contribution in [0.3, 0.4) is 0 Å². The highest BCUT2D eigenvalue weighted by molar-refractivity contribution is 5.56. The van der Waals surface area contributed by atoms with Gasteiger partial charge in [-0.3, -0.25) is 0 Å². The Labute approximate surface area is 99.2 Å². The number of aryl methyl sites for hydroxylation is 1. The zero-order chi connectivity index (χ0) is 11.8. The van der Waals surface area contributed by atoms with Crippen LogP contribution in [0.5, 0.6) is 5.75 Å². The normalized spacial score (nSPS) is 18.1. The molecule has 0 bridgehead atoms. The largest absolute Gasteiger partial charge is 0.508 e. The van der Waals surface area contributed by atoms with Gasteiger partial charge in [0.15, 0.2) is 5.82 Å². The Hall–Kier alpha value is -1.94. The molecule has 0 spiro atoms. The van der Waals surface area contributed by atoms with Gasteiger partial charge in [0, 0.05) is 29.1 Å². The van der Waals surface area contributed by atoms with Crippen LogP contribution in [-0.2, 0) is 6.42 Å². The molecule has 86 valence electrons. The fourth-order valence-electron chi connectivity index (χ4n) is 2.13. The molecular formula is C13H13N3O. The number of nitrogens with two attached hydrogens (primary N) is 1. The Morgan fingerprint density at radius 1 is 1.24 bits per heavy atom. The number of aromatic hydroxyl groups is 1. The summed E-state index contributed by atoms with van der Waals surface area (Å²) in [4.78, 5) is 8.86. The van der Waals surface area contributed by atoms with E-state index in [4.69, 9.17) is 5.73 Å². The highest BCUT2D eigenvalue weighted by atomic mass is 16.3. The molecule has 1 aromatic heterocycles. The number of aromatic nitrogens is 2. The Morgan fingerprint density at radius 2 is 2.00 bits per heavy atom.